The van der Waals surface area contributed by atoms with E-state index < -0.39 is 5.97 Å². The Morgan fingerprint density at radius 3 is 2.38 bits per heavy atom. The van der Waals surface area contributed by atoms with Gasteiger partial charge in [0, 0.05) is 18.1 Å². The summed E-state index contributed by atoms with van der Waals surface area (Å²) in [5.74, 6) is -0.0944. The molecule has 3 heteroatoms. The number of hydrogen-bond donors (Lipinski definition) is 2. The zero-order chi connectivity index (χ0) is 12.4. The van der Waals surface area contributed by atoms with Gasteiger partial charge < -0.3 is 10.5 Å². The van der Waals surface area contributed by atoms with Crippen LogP contribution in [0.2, 0.25) is 0 Å². The molecule has 0 amide bonds. The van der Waals surface area contributed by atoms with Crippen molar-refractivity contribution in [1.82, 2.24) is 0 Å². The van der Waals surface area contributed by atoms with Crippen molar-refractivity contribution in [3.63, 3.8) is 0 Å². The van der Waals surface area contributed by atoms with Crippen molar-refractivity contribution in [3.05, 3.63) is 12.2 Å². The molecule has 1 rings (SSSR count). The molecule has 1 aliphatic carbocycles. The summed E-state index contributed by atoms with van der Waals surface area (Å²) in [5, 5.41) is 15.5. The van der Waals surface area contributed by atoms with Gasteiger partial charge in [0.25, 0.3) is 0 Å². The van der Waals surface area contributed by atoms with Crippen molar-refractivity contribution in [3.8, 4) is 0 Å². The van der Waals surface area contributed by atoms with E-state index in [4.69, 9.17) is 10.5 Å². The highest BCUT2D eigenvalue weighted by Crippen LogP contribution is 2.27. The molecule has 0 unspecified atom stereocenters. The molecule has 0 spiro atoms. The van der Waals surface area contributed by atoms with Gasteiger partial charge in [-0.3, -0.25) is 4.79 Å². The van der Waals surface area contributed by atoms with Crippen LogP contribution in [-0.4, -0.2) is 16.8 Å². The monoisotopic (exact) mass is 225 g/mol. The Morgan fingerprint density at radius 1 is 1.50 bits per heavy atom. The van der Waals surface area contributed by atoms with Crippen molar-refractivity contribution >= 4 is 11.7 Å². The Morgan fingerprint density at radius 2 is 2.12 bits per heavy atom. The van der Waals surface area contributed by atoms with Gasteiger partial charge in [-0.2, -0.15) is 0 Å². The lowest BCUT2D eigenvalue weighted by molar-refractivity contribution is -0.137. The molecule has 0 heterocycles. The van der Waals surface area contributed by atoms with Gasteiger partial charge in [0.1, 0.15) is 0 Å². The smallest absolute Gasteiger partial charge is 0.303 e. The molecule has 1 fully saturated rings. The Labute approximate surface area is 98.1 Å². The van der Waals surface area contributed by atoms with Crippen LogP contribution in [0.1, 0.15) is 52.4 Å². The van der Waals surface area contributed by atoms with Gasteiger partial charge in [-0.05, 0) is 32.3 Å². The second-order valence-electron chi connectivity index (χ2n) is 4.08. The maximum absolute atomic E-state index is 9.76. The van der Waals surface area contributed by atoms with Crippen LogP contribution in [0.25, 0.3) is 0 Å². The number of unbranched alkanes of at least 4 members (excludes halogenated alkanes) is 1. The second kappa shape index (κ2) is 9.13. The van der Waals surface area contributed by atoms with E-state index in [2.05, 4.69) is 0 Å². The minimum atomic E-state index is -0.693. The van der Waals surface area contributed by atoms with Gasteiger partial charge >= 0.3 is 5.97 Å². The molecular weight excluding hydrogens is 202 g/mol. The molecule has 92 valence electrons. The number of carboxylic acid groups (broad SMARTS) is 1. The Bertz CT molecular complexity index is 242. The SMILES string of the molecule is C/C=C\C(=N)C1CCC1.CCCCC(=O)O. The molecule has 1 aliphatic rings. The standard InChI is InChI=1S/C8H13N.C5H10O2/c1-2-4-8(9)7-5-3-6-7;1-2-3-4-5(6)7/h2,4,7,9H,3,5-6H2,1H3;2-4H2,1H3,(H,6,7)/b4-2-,9-8?;. The summed E-state index contributed by atoms with van der Waals surface area (Å²) < 4.78 is 0. The van der Waals surface area contributed by atoms with Crippen molar-refractivity contribution in [2.75, 3.05) is 0 Å². The van der Waals surface area contributed by atoms with E-state index in [0.717, 1.165) is 18.6 Å². The number of hydrogen-bond acceptors (Lipinski definition) is 2. The van der Waals surface area contributed by atoms with Crippen LogP contribution in [0.3, 0.4) is 0 Å². The average Bonchev–Trinajstić information content (AvgIpc) is 2.13. The van der Waals surface area contributed by atoms with E-state index in [9.17, 15) is 4.79 Å². The van der Waals surface area contributed by atoms with Crippen LogP contribution in [-0.2, 0) is 4.79 Å². The highest BCUT2D eigenvalue weighted by molar-refractivity contribution is 5.94. The first kappa shape index (κ1) is 14.9. The number of rotatable bonds is 5. The summed E-state index contributed by atoms with van der Waals surface area (Å²) in [6.45, 7) is 3.94. The Kier molecular flexibility index (Phi) is 8.49. The minimum absolute atomic E-state index is 0.316. The molecule has 0 aliphatic heterocycles. The molecule has 16 heavy (non-hydrogen) atoms. The molecule has 2 N–H and O–H groups in total. The van der Waals surface area contributed by atoms with Gasteiger partial charge in [-0.1, -0.05) is 25.8 Å². The minimum Gasteiger partial charge on any atom is -0.481 e. The lowest BCUT2D eigenvalue weighted by Crippen LogP contribution is -2.19. The topological polar surface area (TPSA) is 61.2 Å². The van der Waals surface area contributed by atoms with Crippen LogP contribution < -0.4 is 0 Å². The molecule has 0 saturated heterocycles. The van der Waals surface area contributed by atoms with Crippen molar-refractivity contribution in [2.45, 2.75) is 52.4 Å². The van der Waals surface area contributed by atoms with Crippen LogP contribution in [0.4, 0.5) is 0 Å². The van der Waals surface area contributed by atoms with Gasteiger partial charge in [-0.15, -0.1) is 0 Å². The third kappa shape index (κ3) is 7.21. The van der Waals surface area contributed by atoms with E-state index in [1.165, 1.54) is 19.3 Å². The summed E-state index contributed by atoms with van der Waals surface area (Å²) in [4.78, 5) is 9.76. The van der Waals surface area contributed by atoms with Crippen molar-refractivity contribution < 1.29 is 9.90 Å². The maximum Gasteiger partial charge on any atom is 0.303 e. The fourth-order valence-electron chi connectivity index (χ4n) is 1.36. The Hall–Kier alpha value is -1.12. The average molecular weight is 225 g/mol. The molecule has 3 nitrogen and oxygen atoms in total. The molecular formula is C13H23NO2. The van der Waals surface area contributed by atoms with Crippen molar-refractivity contribution in [1.29, 1.82) is 5.41 Å². The quantitative estimate of drug-likeness (QED) is 0.702. The first-order valence-electron chi connectivity index (χ1n) is 6.04. The second-order valence-corrected chi connectivity index (χ2v) is 4.08. The van der Waals surface area contributed by atoms with Gasteiger partial charge in [-0.25, -0.2) is 0 Å². The summed E-state index contributed by atoms with van der Waals surface area (Å²) in [7, 11) is 0. The van der Waals surface area contributed by atoms with Gasteiger partial charge in [0.15, 0.2) is 0 Å². The number of allylic oxidation sites excluding steroid dienone is 2. The molecule has 0 aromatic heterocycles. The molecule has 0 bridgehead atoms. The molecule has 0 atom stereocenters. The third-order valence-electron chi connectivity index (χ3n) is 2.64. The van der Waals surface area contributed by atoms with Gasteiger partial charge in [0.2, 0.25) is 0 Å². The number of carboxylic acids is 1. The van der Waals surface area contributed by atoms with Crippen molar-refractivity contribution in [2.24, 2.45) is 5.92 Å². The number of nitrogens with one attached hydrogen (secondary N) is 1. The molecule has 0 radical (unpaired) electrons. The third-order valence-corrected chi connectivity index (χ3v) is 2.64. The fourth-order valence-corrected chi connectivity index (χ4v) is 1.36. The predicted octanol–water partition coefficient (Wildman–Crippen LogP) is 3.64. The first-order chi connectivity index (χ1) is 7.61. The molecule has 1 saturated carbocycles. The van der Waals surface area contributed by atoms with Crippen LogP contribution >= 0.6 is 0 Å². The van der Waals surface area contributed by atoms with Crippen LogP contribution in [0, 0.1) is 11.3 Å². The van der Waals surface area contributed by atoms with E-state index in [1.807, 2.05) is 26.0 Å². The lowest BCUT2D eigenvalue weighted by Gasteiger charge is -2.24. The zero-order valence-corrected chi connectivity index (χ0v) is 10.3. The lowest BCUT2D eigenvalue weighted by atomic mass is 9.81. The number of aliphatic carboxylic acids is 1. The van der Waals surface area contributed by atoms with Crippen LogP contribution in [0.15, 0.2) is 12.2 Å². The fraction of sp³-hybridized carbons (Fsp3) is 0.692. The predicted molar refractivity (Wildman–Crippen MR) is 67.0 cm³/mol. The van der Waals surface area contributed by atoms with E-state index in [0.29, 0.717) is 12.3 Å². The normalized spacial score (nSPS) is 15.1. The Balaban J connectivity index is 0.000000293. The van der Waals surface area contributed by atoms with E-state index in [1.54, 1.807) is 0 Å². The van der Waals surface area contributed by atoms with E-state index >= 15 is 0 Å². The molecule has 0 aromatic carbocycles. The summed E-state index contributed by atoms with van der Waals surface area (Å²) in [5.41, 5.74) is 0.823. The zero-order valence-electron chi connectivity index (χ0n) is 10.3. The van der Waals surface area contributed by atoms with Gasteiger partial charge in [0.05, 0.1) is 0 Å². The first-order valence-corrected chi connectivity index (χ1v) is 6.04. The highest BCUT2D eigenvalue weighted by Gasteiger charge is 2.19. The highest BCUT2D eigenvalue weighted by atomic mass is 16.4. The van der Waals surface area contributed by atoms with E-state index in [-0.39, 0.29) is 0 Å². The summed E-state index contributed by atoms with van der Waals surface area (Å²) in [6.07, 6.45) is 9.74. The molecule has 0 aromatic rings. The number of carbonyl (C=O) groups is 1. The largest absolute Gasteiger partial charge is 0.481 e. The summed E-state index contributed by atoms with van der Waals surface area (Å²) >= 11 is 0. The maximum atomic E-state index is 9.76. The van der Waals surface area contributed by atoms with Crippen LogP contribution in [0.5, 0.6) is 0 Å². The summed E-state index contributed by atoms with van der Waals surface area (Å²) in [6, 6.07) is 0.